The van der Waals surface area contributed by atoms with E-state index in [1.165, 1.54) is 0 Å². The number of nitrogens with one attached hydrogen (secondary N) is 1. The number of hydrogen-bond donors (Lipinski definition) is 2. The van der Waals surface area contributed by atoms with Crippen LogP contribution in [0.1, 0.15) is 50.5 Å². The van der Waals surface area contributed by atoms with Crippen LogP contribution in [-0.4, -0.2) is 30.3 Å². The van der Waals surface area contributed by atoms with Gasteiger partial charge in [0.05, 0.1) is 12.7 Å². The van der Waals surface area contributed by atoms with Crippen LogP contribution in [0.2, 0.25) is 0 Å². The number of rotatable bonds is 6. The van der Waals surface area contributed by atoms with Crippen molar-refractivity contribution < 1.29 is 14.6 Å². The van der Waals surface area contributed by atoms with Gasteiger partial charge in [-0.15, -0.1) is 0 Å². The summed E-state index contributed by atoms with van der Waals surface area (Å²) in [6.07, 6.45) is 4.06. The number of carbonyl (C=O) groups is 1. The molecule has 1 unspecified atom stereocenters. The minimum atomic E-state index is -0.691. The van der Waals surface area contributed by atoms with E-state index in [1.54, 1.807) is 7.11 Å². The summed E-state index contributed by atoms with van der Waals surface area (Å²) < 4.78 is 5.33. The van der Waals surface area contributed by atoms with Gasteiger partial charge in [-0.25, -0.2) is 0 Å². The molecule has 0 heterocycles. The van der Waals surface area contributed by atoms with E-state index in [4.69, 9.17) is 4.74 Å². The highest BCUT2D eigenvalue weighted by atomic mass is 16.5. The van der Waals surface area contributed by atoms with Crippen LogP contribution in [0.5, 0.6) is 5.75 Å². The van der Waals surface area contributed by atoms with Gasteiger partial charge in [-0.2, -0.15) is 0 Å². The molecule has 1 fully saturated rings. The molecule has 4 heteroatoms. The molecule has 1 aliphatic rings. The van der Waals surface area contributed by atoms with E-state index in [0.717, 1.165) is 37.0 Å². The fourth-order valence-electron chi connectivity index (χ4n) is 3.01. The lowest BCUT2D eigenvalue weighted by molar-refractivity contribution is -0.122. The van der Waals surface area contributed by atoms with Crippen molar-refractivity contribution in [3.8, 4) is 5.75 Å². The van der Waals surface area contributed by atoms with Gasteiger partial charge < -0.3 is 15.2 Å². The molecule has 0 aliphatic heterocycles. The highest BCUT2D eigenvalue weighted by molar-refractivity contribution is 5.77. The SMILES string of the molecule is COc1ccccc1C(C)CC(=O)NCC1(O)CCCC1. The molecular weight excluding hydrogens is 266 g/mol. The van der Waals surface area contributed by atoms with E-state index >= 15 is 0 Å². The second-order valence-corrected chi connectivity index (χ2v) is 6.06. The second kappa shape index (κ2) is 6.94. The number of hydrogen-bond acceptors (Lipinski definition) is 3. The Kier molecular flexibility index (Phi) is 5.23. The summed E-state index contributed by atoms with van der Waals surface area (Å²) in [6.45, 7) is 2.38. The molecule has 1 aromatic carbocycles. The molecule has 1 atom stereocenters. The van der Waals surface area contributed by atoms with Crippen LogP contribution in [0.15, 0.2) is 24.3 Å². The lowest BCUT2D eigenvalue weighted by atomic mass is 9.96. The molecule has 1 saturated carbocycles. The van der Waals surface area contributed by atoms with Gasteiger partial charge in [-0.1, -0.05) is 38.0 Å². The van der Waals surface area contributed by atoms with Gasteiger partial charge in [0.1, 0.15) is 5.75 Å². The first-order chi connectivity index (χ1) is 10.0. The van der Waals surface area contributed by atoms with Crippen LogP contribution in [0.25, 0.3) is 0 Å². The standard InChI is InChI=1S/C17H25NO3/c1-13(14-7-3-4-8-15(14)21-2)11-16(19)18-12-17(20)9-5-6-10-17/h3-4,7-8,13,20H,5-6,9-12H2,1-2H3,(H,18,19). The molecule has 0 aromatic heterocycles. The van der Waals surface area contributed by atoms with Gasteiger partial charge >= 0.3 is 0 Å². The van der Waals surface area contributed by atoms with Crippen molar-refractivity contribution in [1.82, 2.24) is 5.32 Å². The Balaban J connectivity index is 1.87. The third-order valence-corrected chi connectivity index (χ3v) is 4.31. The minimum absolute atomic E-state index is 0.0197. The average Bonchev–Trinajstić information content (AvgIpc) is 2.92. The predicted molar refractivity (Wildman–Crippen MR) is 82.5 cm³/mol. The van der Waals surface area contributed by atoms with E-state index < -0.39 is 5.60 Å². The summed E-state index contributed by atoms with van der Waals surface area (Å²) in [5.41, 5.74) is 0.346. The predicted octanol–water partition coefficient (Wildman–Crippen LogP) is 2.61. The molecule has 0 bridgehead atoms. The molecule has 2 N–H and O–H groups in total. The minimum Gasteiger partial charge on any atom is -0.496 e. The molecule has 1 aliphatic carbocycles. The Hall–Kier alpha value is -1.55. The van der Waals surface area contributed by atoms with Crippen LogP contribution >= 0.6 is 0 Å². The Bertz CT molecular complexity index is 481. The van der Waals surface area contributed by atoms with Crippen LogP contribution in [-0.2, 0) is 4.79 Å². The third kappa shape index (κ3) is 4.21. The fraction of sp³-hybridized carbons (Fsp3) is 0.588. The number of benzene rings is 1. The zero-order valence-corrected chi connectivity index (χ0v) is 12.9. The van der Waals surface area contributed by atoms with E-state index in [9.17, 15) is 9.90 Å². The van der Waals surface area contributed by atoms with E-state index in [0.29, 0.717) is 13.0 Å². The molecule has 1 amide bonds. The summed E-state index contributed by atoms with van der Waals surface area (Å²) in [5, 5.41) is 13.1. The van der Waals surface area contributed by atoms with Gasteiger partial charge in [0.2, 0.25) is 5.91 Å². The number of ether oxygens (including phenoxy) is 1. The zero-order chi connectivity index (χ0) is 15.3. The number of methoxy groups -OCH3 is 1. The summed E-state index contributed by atoms with van der Waals surface area (Å²) >= 11 is 0. The van der Waals surface area contributed by atoms with Gasteiger partial charge in [0.25, 0.3) is 0 Å². The lowest BCUT2D eigenvalue weighted by Gasteiger charge is -2.23. The van der Waals surface area contributed by atoms with Crippen LogP contribution in [0, 0.1) is 0 Å². The van der Waals surface area contributed by atoms with Crippen molar-refractivity contribution >= 4 is 5.91 Å². The maximum atomic E-state index is 12.1. The molecule has 21 heavy (non-hydrogen) atoms. The van der Waals surface area contributed by atoms with Gasteiger partial charge in [-0.3, -0.25) is 4.79 Å². The van der Waals surface area contributed by atoms with E-state index in [1.807, 2.05) is 31.2 Å². The highest BCUT2D eigenvalue weighted by Crippen LogP contribution is 2.30. The Labute approximate surface area is 126 Å². The maximum absolute atomic E-state index is 12.1. The number of amides is 1. The number of carbonyl (C=O) groups excluding carboxylic acids is 1. The Morgan fingerprint density at radius 3 is 2.71 bits per heavy atom. The van der Waals surface area contributed by atoms with Crippen molar-refractivity contribution in [1.29, 1.82) is 0 Å². The average molecular weight is 291 g/mol. The molecule has 116 valence electrons. The summed E-state index contributed by atoms with van der Waals surface area (Å²) in [4.78, 5) is 12.1. The van der Waals surface area contributed by atoms with Crippen molar-refractivity contribution in [2.45, 2.75) is 50.5 Å². The molecule has 2 rings (SSSR count). The quantitative estimate of drug-likeness (QED) is 0.847. The van der Waals surface area contributed by atoms with Crippen LogP contribution in [0.4, 0.5) is 0 Å². The molecular formula is C17H25NO3. The Morgan fingerprint density at radius 2 is 2.05 bits per heavy atom. The van der Waals surface area contributed by atoms with Crippen molar-refractivity contribution in [2.75, 3.05) is 13.7 Å². The lowest BCUT2D eigenvalue weighted by Crippen LogP contribution is -2.41. The first-order valence-electron chi connectivity index (χ1n) is 7.66. The highest BCUT2D eigenvalue weighted by Gasteiger charge is 2.31. The molecule has 0 radical (unpaired) electrons. The molecule has 1 aromatic rings. The third-order valence-electron chi connectivity index (χ3n) is 4.31. The molecule has 0 spiro atoms. The first-order valence-corrected chi connectivity index (χ1v) is 7.66. The monoisotopic (exact) mass is 291 g/mol. The Morgan fingerprint density at radius 1 is 1.38 bits per heavy atom. The van der Waals surface area contributed by atoms with Gasteiger partial charge in [-0.05, 0) is 30.4 Å². The molecule has 0 saturated heterocycles. The summed E-state index contributed by atoms with van der Waals surface area (Å²) in [5.74, 6) is 0.875. The van der Waals surface area contributed by atoms with Crippen molar-refractivity contribution in [3.05, 3.63) is 29.8 Å². The first kappa shape index (κ1) is 15.8. The summed E-state index contributed by atoms with van der Waals surface area (Å²) in [7, 11) is 1.64. The summed E-state index contributed by atoms with van der Waals surface area (Å²) in [6, 6.07) is 7.77. The number of aliphatic hydroxyl groups is 1. The van der Waals surface area contributed by atoms with E-state index in [2.05, 4.69) is 5.32 Å². The van der Waals surface area contributed by atoms with Gasteiger partial charge in [0, 0.05) is 13.0 Å². The van der Waals surface area contributed by atoms with Crippen LogP contribution < -0.4 is 10.1 Å². The molecule has 4 nitrogen and oxygen atoms in total. The largest absolute Gasteiger partial charge is 0.496 e. The van der Waals surface area contributed by atoms with Crippen molar-refractivity contribution in [3.63, 3.8) is 0 Å². The van der Waals surface area contributed by atoms with Crippen molar-refractivity contribution in [2.24, 2.45) is 0 Å². The van der Waals surface area contributed by atoms with Crippen LogP contribution in [0.3, 0.4) is 0 Å². The normalized spacial score (nSPS) is 18.2. The smallest absolute Gasteiger partial charge is 0.220 e. The second-order valence-electron chi connectivity index (χ2n) is 6.06. The maximum Gasteiger partial charge on any atom is 0.220 e. The van der Waals surface area contributed by atoms with Gasteiger partial charge in [0.15, 0.2) is 0 Å². The topological polar surface area (TPSA) is 58.6 Å². The number of para-hydroxylation sites is 1. The van der Waals surface area contributed by atoms with E-state index in [-0.39, 0.29) is 11.8 Å². The zero-order valence-electron chi connectivity index (χ0n) is 12.9. The fourth-order valence-corrected chi connectivity index (χ4v) is 3.01.